The molecule has 0 saturated carbocycles. The Labute approximate surface area is 77.5 Å². The highest BCUT2D eigenvalue weighted by Crippen LogP contribution is 2.30. The van der Waals surface area contributed by atoms with Crippen molar-refractivity contribution in [2.75, 3.05) is 0 Å². The van der Waals surface area contributed by atoms with Crippen LogP contribution in [0.4, 0.5) is 0 Å². The van der Waals surface area contributed by atoms with E-state index in [0.717, 1.165) is 12.1 Å². The number of aliphatic imine (C=N–C) groups is 1. The maximum Gasteiger partial charge on any atom is 0.187 e. The number of rotatable bonds is 2. The Kier molecular flexibility index (Phi) is 1.66. The largest absolute Gasteiger partial charge is 0.262 e. The first kappa shape index (κ1) is 8.00. The summed E-state index contributed by atoms with van der Waals surface area (Å²) < 4.78 is 0. The predicted octanol–water partition coefficient (Wildman–Crippen LogP) is 1.97. The van der Waals surface area contributed by atoms with Crippen LogP contribution in [-0.2, 0) is 6.42 Å². The first-order valence-corrected chi connectivity index (χ1v) is 4.29. The van der Waals surface area contributed by atoms with Crippen LogP contribution < -0.4 is 0 Å². The van der Waals surface area contributed by atoms with Gasteiger partial charge in [-0.2, -0.15) is 5.26 Å². The van der Waals surface area contributed by atoms with Gasteiger partial charge in [0, 0.05) is 6.42 Å². The summed E-state index contributed by atoms with van der Waals surface area (Å²) >= 11 is 0. The maximum absolute atomic E-state index is 8.92. The standard InChI is InChI=1S/C11H10N2/c1-9-11(8-12,13-9)7-10-5-3-2-4-6-10/h2-6H,7H2,1H3. The van der Waals surface area contributed by atoms with Gasteiger partial charge in [-0.3, -0.25) is 4.99 Å². The third-order valence-electron chi connectivity index (χ3n) is 2.39. The summed E-state index contributed by atoms with van der Waals surface area (Å²) in [5.41, 5.74) is 1.63. The van der Waals surface area contributed by atoms with E-state index in [2.05, 4.69) is 11.1 Å². The molecular formula is C11H10N2. The summed E-state index contributed by atoms with van der Waals surface area (Å²) in [4.78, 5) is 4.16. The fraction of sp³-hybridized carbons (Fsp3) is 0.273. The smallest absolute Gasteiger partial charge is 0.187 e. The van der Waals surface area contributed by atoms with Crippen molar-refractivity contribution in [3.05, 3.63) is 35.9 Å². The molecule has 2 heteroatoms. The quantitative estimate of drug-likeness (QED) is 0.668. The van der Waals surface area contributed by atoms with Gasteiger partial charge in [-0.1, -0.05) is 30.3 Å². The molecular weight excluding hydrogens is 160 g/mol. The zero-order valence-electron chi connectivity index (χ0n) is 7.49. The lowest BCUT2D eigenvalue weighted by atomic mass is 9.96. The lowest BCUT2D eigenvalue weighted by Crippen LogP contribution is -2.17. The van der Waals surface area contributed by atoms with Crippen LogP contribution in [-0.4, -0.2) is 11.3 Å². The molecule has 0 amide bonds. The molecule has 1 heterocycles. The van der Waals surface area contributed by atoms with E-state index in [1.165, 1.54) is 5.56 Å². The molecule has 1 aliphatic heterocycles. The fourth-order valence-corrected chi connectivity index (χ4v) is 1.46. The molecule has 1 atom stereocenters. The van der Waals surface area contributed by atoms with Gasteiger partial charge in [-0.25, -0.2) is 0 Å². The second-order valence-electron chi connectivity index (χ2n) is 3.33. The van der Waals surface area contributed by atoms with Crippen molar-refractivity contribution in [1.82, 2.24) is 0 Å². The summed E-state index contributed by atoms with van der Waals surface area (Å²) in [7, 11) is 0. The minimum absolute atomic E-state index is 0.499. The molecule has 0 saturated heterocycles. The van der Waals surface area contributed by atoms with Crippen molar-refractivity contribution in [1.29, 1.82) is 5.26 Å². The van der Waals surface area contributed by atoms with E-state index >= 15 is 0 Å². The summed E-state index contributed by atoms with van der Waals surface area (Å²) in [6.45, 7) is 1.91. The monoisotopic (exact) mass is 170 g/mol. The Balaban J connectivity index is 2.13. The van der Waals surface area contributed by atoms with Gasteiger partial charge in [0.05, 0.1) is 11.8 Å². The number of benzene rings is 1. The van der Waals surface area contributed by atoms with Gasteiger partial charge in [0.2, 0.25) is 0 Å². The first-order valence-electron chi connectivity index (χ1n) is 4.29. The zero-order valence-corrected chi connectivity index (χ0v) is 7.49. The highest BCUT2D eigenvalue weighted by atomic mass is 15.0. The number of nitrogens with zero attached hydrogens (tertiary/aromatic N) is 2. The van der Waals surface area contributed by atoms with Crippen molar-refractivity contribution in [2.24, 2.45) is 4.99 Å². The lowest BCUT2D eigenvalue weighted by molar-refractivity contribution is 0.813. The molecule has 0 N–H and O–H groups in total. The van der Waals surface area contributed by atoms with Crippen molar-refractivity contribution >= 4 is 5.71 Å². The molecule has 1 aromatic carbocycles. The van der Waals surface area contributed by atoms with Crippen LogP contribution in [0.25, 0.3) is 0 Å². The molecule has 2 nitrogen and oxygen atoms in total. The zero-order chi connectivity index (χ0) is 9.31. The van der Waals surface area contributed by atoms with Crippen LogP contribution in [0, 0.1) is 11.3 Å². The van der Waals surface area contributed by atoms with Gasteiger partial charge in [-0.05, 0) is 12.5 Å². The molecule has 2 rings (SSSR count). The minimum atomic E-state index is -0.499. The van der Waals surface area contributed by atoms with Crippen LogP contribution >= 0.6 is 0 Å². The molecule has 0 bridgehead atoms. The summed E-state index contributed by atoms with van der Waals surface area (Å²) in [5.74, 6) is 0. The average molecular weight is 170 g/mol. The Morgan fingerprint density at radius 2 is 2.00 bits per heavy atom. The van der Waals surface area contributed by atoms with Crippen LogP contribution in [0.2, 0.25) is 0 Å². The van der Waals surface area contributed by atoms with Gasteiger partial charge in [0.1, 0.15) is 0 Å². The molecule has 1 unspecified atom stereocenters. The molecule has 0 aliphatic carbocycles. The van der Waals surface area contributed by atoms with Gasteiger partial charge >= 0.3 is 0 Å². The molecule has 1 aromatic rings. The summed E-state index contributed by atoms with van der Waals surface area (Å²) in [6, 6.07) is 12.2. The van der Waals surface area contributed by atoms with Crippen molar-refractivity contribution in [2.45, 2.75) is 18.9 Å². The highest BCUT2D eigenvalue weighted by Gasteiger charge is 2.44. The summed E-state index contributed by atoms with van der Waals surface area (Å²) in [5, 5.41) is 8.92. The third-order valence-corrected chi connectivity index (χ3v) is 2.39. The molecule has 0 aromatic heterocycles. The number of hydrogen-bond acceptors (Lipinski definition) is 2. The topological polar surface area (TPSA) is 36.1 Å². The van der Waals surface area contributed by atoms with Crippen LogP contribution in [0.1, 0.15) is 12.5 Å². The average Bonchev–Trinajstić information content (AvgIpc) is 2.79. The number of hydrogen-bond donors (Lipinski definition) is 0. The SMILES string of the molecule is CC1=NC1(C#N)Cc1ccccc1. The number of nitriles is 1. The van der Waals surface area contributed by atoms with Crippen molar-refractivity contribution in [3.8, 4) is 6.07 Å². The highest BCUT2D eigenvalue weighted by molar-refractivity contribution is 6.06. The second-order valence-corrected chi connectivity index (χ2v) is 3.33. The van der Waals surface area contributed by atoms with Crippen LogP contribution in [0.15, 0.2) is 35.3 Å². The van der Waals surface area contributed by atoms with Crippen molar-refractivity contribution in [3.63, 3.8) is 0 Å². The summed E-state index contributed by atoms with van der Waals surface area (Å²) in [6.07, 6.45) is 0.718. The van der Waals surface area contributed by atoms with E-state index < -0.39 is 5.54 Å². The van der Waals surface area contributed by atoms with E-state index in [1.807, 2.05) is 37.3 Å². The lowest BCUT2D eigenvalue weighted by Gasteiger charge is -2.04. The Hall–Kier alpha value is -1.62. The van der Waals surface area contributed by atoms with Gasteiger partial charge in [-0.15, -0.1) is 0 Å². The normalized spacial score (nSPS) is 24.8. The molecule has 13 heavy (non-hydrogen) atoms. The van der Waals surface area contributed by atoms with Gasteiger partial charge in [0.25, 0.3) is 0 Å². The molecule has 0 radical (unpaired) electrons. The molecule has 0 spiro atoms. The second kappa shape index (κ2) is 2.70. The van der Waals surface area contributed by atoms with E-state index in [9.17, 15) is 0 Å². The fourth-order valence-electron chi connectivity index (χ4n) is 1.46. The molecule has 0 fully saturated rings. The van der Waals surface area contributed by atoms with E-state index in [4.69, 9.17) is 5.26 Å². The predicted molar refractivity (Wildman–Crippen MR) is 51.6 cm³/mol. The Morgan fingerprint density at radius 1 is 1.38 bits per heavy atom. The van der Waals surface area contributed by atoms with Crippen molar-refractivity contribution < 1.29 is 0 Å². The van der Waals surface area contributed by atoms with E-state index in [-0.39, 0.29) is 0 Å². The Bertz CT molecular complexity index is 386. The molecule has 1 aliphatic rings. The molecule has 64 valence electrons. The minimum Gasteiger partial charge on any atom is -0.262 e. The third kappa shape index (κ3) is 1.33. The maximum atomic E-state index is 8.92. The van der Waals surface area contributed by atoms with Crippen LogP contribution in [0.5, 0.6) is 0 Å². The first-order chi connectivity index (χ1) is 6.27. The Morgan fingerprint density at radius 3 is 2.46 bits per heavy atom. The van der Waals surface area contributed by atoms with E-state index in [0.29, 0.717) is 0 Å². The van der Waals surface area contributed by atoms with Gasteiger partial charge in [0.15, 0.2) is 5.54 Å². The van der Waals surface area contributed by atoms with E-state index in [1.54, 1.807) is 0 Å². The van der Waals surface area contributed by atoms with Gasteiger partial charge < -0.3 is 0 Å². The van der Waals surface area contributed by atoms with Crippen LogP contribution in [0.3, 0.4) is 0 Å².